The van der Waals surface area contributed by atoms with E-state index < -0.39 is 17.8 Å². The first-order valence-corrected chi connectivity index (χ1v) is 8.62. The molecule has 1 aliphatic heterocycles. The van der Waals surface area contributed by atoms with E-state index >= 15 is 0 Å². The van der Waals surface area contributed by atoms with E-state index in [4.69, 9.17) is 4.74 Å². The average molecular weight is 372 g/mol. The van der Waals surface area contributed by atoms with Gasteiger partial charge in [0, 0.05) is 5.39 Å². The van der Waals surface area contributed by atoms with Gasteiger partial charge in [0.25, 0.3) is 11.8 Å². The van der Waals surface area contributed by atoms with Crippen LogP contribution in [0.2, 0.25) is 0 Å². The number of ether oxygens (including phenoxy) is 1. The number of anilines is 1. The molecule has 28 heavy (non-hydrogen) atoms. The second-order valence-electron chi connectivity index (χ2n) is 6.20. The highest BCUT2D eigenvalue weighted by atomic mass is 16.5. The van der Waals surface area contributed by atoms with Crippen LogP contribution in [0.5, 0.6) is 5.75 Å². The van der Waals surface area contributed by atoms with Crippen LogP contribution in [-0.2, 0) is 9.59 Å². The lowest BCUT2D eigenvalue weighted by atomic mass is 10.00. The summed E-state index contributed by atoms with van der Waals surface area (Å²) in [5.74, 6) is -0.694. The molecule has 6 nitrogen and oxygen atoms in total. The molecule has 3 aromatic rings. The van der Waals surface area contributed by atoms with E-state index in [0.717, 1.165) is 15.7 Å². The third-order valence-corrected chi connectivity index (χ3v) is 4.55. The monoisotopic (exact) mass is 372 g/mol. The molecule has 3 aromatic carbocycles. The maximum atomic E-state index is 13.0. The number of imide groups is 2. The average Bonchev–Trinajstić information content (AvgIpc) is 2.71. The number of amides is 4. The lowest BCUT2D eigenvalue weighted by Crippen LogP contribution is -2.54. The van der Waals surface area contributed by atoms with E-state index in [-0.39, 0.29) is 5.57 Å². The van der Waals surface area contributed by atoms with E-state index in [1.165, 1.54) is 6.08 Å². The number of fused-ring (bicyclic) bond motifs is 1. The summed E-state index contributed by atoms with van der Waals surface area (Å²) in [7, 11) is 1.58. The minimum Gasteiger partial charge on any atom is -0.496 e. The lowest BCUT2D eigenvalue weighted by molar-refractivity contribution is -0.122. The Balaban J connectivity index is 1.83. The highest BCUT2D eigenvalue weighted by molar-refractivity contribution is 6.39. The summed E-state index contributed by atoms with van der Waals surface area (Å²) in [5, 5.41) is 3.93. The fourth-order valence-electron chi connectivity index (χ4n) is 3.22. The van der Waals surface area contributed by atoms with Crippen LogP contribution in [0, 0.1) is 0 Å². The molecule has 138 valence electrons. The maximum absolute atomic E-state index is 13.0. The summed E-state index contributed by atoms with van der Waals surface area (Å²) in [6, 6.07) is 18.8. The molecule has 1 aliphatic rings. The Labute approximate surface area is 161 Å². The van der Waals surface area contributed by atoms with Crippen LogP contribution in [0.25, 0.3) is 16.8 Å². The van der Waals surface area contributed by atoms with Crippen LogP contribution >= 0.6 is 0 Å². The van der Waals surface area contributed by atoms with Gasteiger partial charge >= 0.3 is 6.03 Å². The molecule has 1 heterocycles. The largest absolute Gasteiger partial charge is 0.496 e. The molecule has 0 bridgehead atoms. The smallest absolute Gasteiger partial charge is 0.335 e. The minimum atomic E-state index is -0.766. The van der Waals surface area contributed by atoms with Gasteiger partial charge < -0.3 is 4.74 Å². The molecule has 1 N–H and O–H groups in total. The molecular weight excluding hydrogens is 356 g/mol. The molecule has 0 spiro atoms. The topological polar surface area (TPSA) is 75.7 Å². The number of carbonyl (C=O) groups is 3. The van der Waals surface area contributed by atoms with Crippen LogP contribution in [0.4, 0.5) is 10.5 Å². The van der Waals surface area contributed by atoms with Crippen molar-refractivity contribution in [2.45, 2.75) is 0 Å². The number of barbiturate groups is 1. The molecule has 6 heteroatoms. The van der Waals surface area contributed by atoms with Crippen LogP contribution in [0.3, 0.4) is 0 Å². The van der Waals surface area contributed by atoms with Crippen molar-refractivity contribution >= 4 is 40.4 Å². The molecule has 1 saturated heterocycles. The third-order valence-electron chi connectivity index (χ3n) is 4.55. The number of hydrogen-bond acceptors (Lipinski definition) is 4. The normalized spacial score (nSPS) is 15.8. The number of methoxy groups -OCH3 is 1. The summed E-state index contributed by atoms with van der Waals surface area (Å²) in [6.45, 7) is 0. The third kappa shape index (κ3) is 2.91. The standard InChI is InChI=1S/C22H16N2O4/c1-28-19-12-11-14(16-9-5-6-10-17(16)19)13-18-20(25)23-22(27)24(21(18)26)15-7-3-2-4-8-15/h2-13H,1H3,(H,23,25,27)/b18-13+. The van der Waals surface area contributed by atoms with Crippen LogP contribution in [0.1, 0.15) is 5.56 Å². The maximum Gasteiger partial charge on any atom is 0.335 e. The molecule has 0 radical (unpaired) electrons. The van der Waals surface area contributed by atoms with E-state index in [1.54, 1.807) is 49.6 Å². The van der Waals surface area contributed by atoms with Crippen molar-refractivity contribution in [3.63, 3.8) is 0 Å². The number of para-hydroxylation sites is 1. The van der Waals surface area contributed by atoms with Gasteiger partial charge in [-0.15, -0.1) is 0 Å². The molecule has 0 unspecified atom stereocenters. The van der Waals surface area contributed by atoms with Gasteiger partial charge in [-0.2, -0.15) is 0 Å². The summed E-state index contributed by atoms with van der Waals surface area (Å²) in [5.41, 5.74) is 0.957. The van der Waals surface area contributed by atoms with Crippen LogP contribution in [0.15, 0.2) is 72.3 Å². The highest BCUT2D eigenvalue weighted by Crippen LogP contribution is 2.30. The zero-order valence-electron chi connectivity index (χ0n) is 15.0. The first kappa shape index (κ1) is 17.5. The minimum absolute atomic E-state index is 0.112. The fourth-order valence-corrected chi connectivity index (χ4v) is 3.22. The zero-order valence-corrected chi connectivity index (χ0v) is 15.0. The van der Waals surface area contributed by atoms with E-state index in [9.17, 15) is 14.4 Å². The van der Waals surface area contributed by atoms with Crippen molar-refractivity contribution in [2.75, 3.05) is 12.0 Å². The van der Waals surface area contributed by atoms with Gasteiger partial charge in [0.15, 0.2) is 0 Å². The van der Waals surface area contributed by atoms with Gasteiger partial charge in [-0.05, 0) is 35.2 Å². The number of urea groups is 1. The first-order valence-electron chi connectivity index (χ1n) is 8.62. The Hall–Kier alpha value is -3.93. The number of carbonyl (C=O) groups excluding carboxylic acids is 3. The highest BCUT2D eigenvalue weighted by Gasteiger charge is 2.36. The second kappa shape index (κ2) is 7.00. The summed E-state index contributed by atoms with van der Waals surface area (Å²) in [6.07, 6.45) is 1.50. The van der Waals surface area contributed by atoms with Gasteiger partial charge in [-0.1, -0.05) is 48.5 Å². The predicted octanol–water partition coefficient (Wildman–Crippen LogP) is 3.51. The molecule has 0 atom stereocenters. The fraction of sp³-hybridized carbons (Fsp3) is 0.0455. The van der Waals surface area contributed by atoms with Crippen molar-refractivity contribution in [3.05, 3.63) is 77.9 Å². The van der Waals surface area contributed by atoms with E-state index in [2.05, 4.69) is 5.32 Å². The first-order chi connectivity index (χ1) is 13.6. The van der Waals surface area contributed by atoms with Gasteiger partial charge in [-0.3, -0.25) is 14.9 Å². The van der Waals surface area contributed by atoms with Gasteiger partial charge in [0.1, 0.15) is 11.3 Å². The van der Waals surface area contributed by atoms with Crippen LogP contribution < -0.4 is 15.0 Å². The van der Waals surface area contributed by atoms with Crippen molar-refractivity contribution in [1.29, 1.82) is 0 Å². The number of nitrogens with one attached hydrogen (secondary N) is 1. The summed E-state index contributed by atoms with van der Waals surface area (Å²) < 4.78 is 5.38. The molecule has 0 saturated carbocycles. The van der Waals surface area contributed by atoms with E-state index in [0.29, 0.717) is 17.0 Å². The molecule has 1 fully saturated rings. The SMILES string of the molecule is COc1ccc(/C=C2\C(=O)NC(=O)N(c3ccccc3)C2=O)c2ccccc12. The summed E-state index contributed by atoms with van der Waals surface area (Å²) in [4.78, 5) is 38.5. The quantitative estimate of drug-likeness (QED) is 0.564. The van der Waals surface area contributed by atoms with Gasteiger partial charge in [0.2, 0.25) is 0 Å². The zero-order chi connectivity index (χ0) is 19.7. The molecule has 0 aliphatic carbocycles. The van der Waals surface area contributed by atoms with Crippen molar-refractivity contribution < 1.29 is 19.1 Å². The number of hydrogen-bond donors (Lipinski definition) is 1. The Morgan fingerprint density at radius 2 is 1.54 bits per heavy atom. The van der Waals surface area contributed by atoms with Gasteiger partial charge in [-0.25, -0.2) is 9.69 Å². The Morgan fingerprint density at radius 1 is 0.857 bits per heavy atom. The van der Waals surface area contributed by atoms with Crippen molar-refractivity contribution in [3.8, 4) is 5.75 Å². The Kier molecular flexibility index (Phi) is 4.37. The molecule has 4 rings (SSSR count). The molecule has 4 amide bonds. The summed E-state index contributed by atoms with van der Waals surface area (Å²) >= 11 is 0. The number of benzene rings is 3. The number of rotatable bonds is 3. The molecular formula is C22H16N2O4. The van der Waals surface area contributed by atoms with Crippen LogP contribution in [-0.4, -0.2) is 25.0 Å². The Bertz CT molecular complexity index is 1140. The number of nitrogens with zero attached hydrogens (tertiary/aromatic N) is 1. The van der Waals surface area contributed by atoms with Crippen molar-refractivity contribution in [1.82, 2.24) is 5.32 Å². The molecule has 0 aromatic heterocycles. The lowest BCUT2D eigenvalue weighted by Gasteiger charge is -2.26. The Morgan fingerprint density at radius 3 is 2.25 bits per heavy atom. The second-order valence-corrected chi connectivity index (χ2v) is 6.20. The van der Waals surface area contributed by atoms with Crippen molar-refractivity contribution in [2.24, 2.45) is 0 Å². The predicted molar refractivity (Wildman–Crippen MR) is 106 cm³/mol. The van der Waals surface area contributed by atoms with Gasteiger partial charge in [0.05, 0.1) is 12.8 Å². The van der Waals surface area contributed by atoms with E-state index in [1.807, 2.05) is 24.3 Å².